The molecule has 132 valence electrons. The number of nitrogens with zero attached hydrogens (tertiary/aromatic N) is 3. The van der Waals surface area contributed by atoms with Crippen molar-refractivity contribution in [1.29, 1.82) is 0 Å². The topological polar surface area (TPSA) is 65.8 Å². The minimum atomic E-state index is -0.953. The van der Waals surface area contributed by atoms with Gasteiger partial charge >= 0.3 is 0 Å². The summed E-state index contributed by atoms with van der Waals surface area (Å²) in [6, 6.07) is 2.60. The molecule has 6 heteroatoms. The number of carbonyl (C=O) groups is 2. The van der Waals surface area contributed by atoms with Crippen LogP contribution in [-0.2, 0) is 4.79 Å². The Hall–Kier alpha value is -1.66. The first-order chi connectivity index (χ1) is 11.4. The van der Waals surface area contributed by atoms with Crippen molar-refractivity contribution in [2.75, 3.05) is 32.7 Å². The Bertz CT molecular complexity index is 638. The fourth-order valence-electron chi connectivity index (χ4n) is 3.63. The Balaban J connectivity index is 1.59. The normalized spacial score (nSPS) is 20.2. The molecular weight excluding hydrogens is 306 g/mol. The van der Waals surface area contributed by atoms with Crippen LogP contribution in [0.1, 0.15) is 47.6 Å². The van der Waals surface area contributed by atoms with Gasteiger partial charge in [0.15, 0.2) is 5.78 Å². The van der Waals surface area contributed by atoms with E-state index in [0.717, 1.165) is 11.3 Å². The highest BCUT2D eigenvalue weighted by Crippen LogP contribution is 2.38. The van der Waals surface area contributed by atoms with Crippen molar-refractivity contribution < 1.29 is 14.7 Å². The quantitative estimate of drug-likeness (QED) is 0.821. The summed E-state index contributed by atoms with van der Waals surface area (Å²) < 4.78 is 2.30. The molecule has 1 N–H and O–H groups in total. The lowest BCUT2D eigenvalue weighted by atomic mass is 10.1. The van der Waals surface area contributed by atoms with E-state index < -0.39 is 6.10 Å². The van der Waals surface area contributed by atoms with Crippen molar-refractivity contribution in [3.8, 4) is 0 Å². The van der Waals surface area contributed by atoms with Gasteiger partial charge in [0.2, 0.25) is 0 Å². The zero-order chi connectivity index (χ0) is 17.4. The maximum atomic E-state index is 12.7. The fourth-order valence-corrected chi connectivity index (χ4v) is 3.63. The minimum absolute atomic E-state index is 0.158. The van der Waals surface area contributed by atoms with Gasteiger partial charge < -0.3 is 14.6 Å². The van der Waals surface area contributed by atoms with Gasteiger partial charge in [-0.1, -0.05) is 0 Å². The van der Waals surface area contributed by atoms with Crippen molar-refractivity contribution in [1.82, 2.24) is 14.4 Å². The Morgan fingerprint density at radius 1 is 1.21 bits per heavy atom. The molecule has 1 atom stereocenters. The first-order valence-electron chi connectivity index (χ1n) is 8.79. The van der Waals surface area contributed by atoms with Gasteiger partial charge in [-0.2, -0.15) is 0 Å². The van der Waals surface area contributed by atoms with E-state index in [1.165, 1.54) is 25.5 Å². The average Bonchev–Trinajstić information content (AvgIpc) is 3.32. The van der Waals surface area contributed by atoms with Crippen LogP contribution in [0, 0.1) is 13.8 Å². The number of aryl methyl sites for hydroxylation is 1. The SMILES string of the molecule is Cc1cc(C(=O)CN2CCN(C(=O)C(C)O)CC2)c(C)n1C1CC1. The summed E-state index contributed by atoms with van der Waals surface area (Å²) in [6.45, 7) is 8.48. The maximum absolute atomic E-state index is 12.7. The van der Waals surface area contributed by atoms with Gasteiger partial charge in [0.1, 0.15) is 6.10 Å². The van der Waals surface area contributed by atoms with Crippen LogP contribution in [0.4, 0.5) is 0 Å². The Morgan fingerprint density at radius 2 is 1.83 bits per heavy atom. The molecule has 1 saturated heterocycles. The monoisotopic (exact) mass is 333 g/mol. The standard InChI is InChI=1S/C18H27N3O3/c1-12-10-16(13(2)21(12)15-4-5-15)17(23)11-19-6-8-20(9-7-19)18(24)14(3)22/h10,14-15,22H,4-9,11H2,1-3H3. The molecule has 0 radical (unpaired) electrons. The predicted octanol–water partition coefficient (Wildman–Crippen LogP) is 1.15. The highest BCUT2D eigenvalue weighted by Gasteiger charge is 2.29. The summed E-state index contributed by atoms with van der Waals surface area (Å²) in [6.07, 6.45) is 1.47. The number of amides is 1. The molecule has 6 nitrogen and oxygen atoms in total. The van der Waals surface area contributed by atoms with Crippen LogP contribution < -0.4 is 0 Å². The number of aliphatic hydroxyl groups is 1. The second-order valence-electron chi connectivity index (χ2n) is 7.09. The predicted molar refractivity (Wildman–Crippen MR) is 91.2 cm³/mol. The van der Waals surface area contributed by atoms with Crippen LogP contribution in [0.5, 0.6) is 0 Å². The Morgan fingerprint density at radius 3 is 2.38 bits per heavy atom. The van der Waals surface area contributed by atoms with E-state index in [2.05, 4.69) is 16.4 Å². The third kappa shape index (κ3) is 3.39. The van der Waals surface area contributed by atoms with E-state index in [9.17, 15) is 14.7 Å². The third-order valence-corrected chi connectivity index (χ3v) is 5.11. The Kier molecular flexibility index (Phi) is 4.78. The lowest BCUT2D eigenvalue weighted by Crippen LogP contribution is -2.51. The molecule has 1 unspecified atom stereocenters. The summed E-state index contributed by atoms with van der Waals surface area (Å²) >= 11 is 0. The van der Waals surface area contributed by atoms with Crippen molar-refractivity contribution in [3.05, 3.63) is 23.0 Å². The second kappa shape index (κ2) is 6.69. The molecule has 1 amide bonds. The number of rotatable bonds is 5. The first kappa shape index (κ1) is 17.2. The molecule has 1 aliphatic carbocycles. The molecule has 2 aliphatic rings. The number of hydrogen-bond acceptors (Lipinski definition) is 4. The van der Waals surface area contributed by atoms with Crippen LogP contribution in [0.3, 0.4) is 0 Å². The lowest BCUT2D eigenvalue weighted by molar-refractivity contribution is -0.140. The maximum Gasteiger partial charge on any atom is 0.251 e. The van der Waals surface area contributed by atoms with Crippen LogP contribution in [-0.4, -0.2) is 70.0 Å². The molecule has 1 aliphatic heterocycles. The van der Waals surface area contributed by atoms with E-state index in [1.54, 1.807) is 4.90 Å². The molecule has 1 saturated carbocycles. The molecule has 1 aromatic rings. The first-order valence-corrected chi connectivity index (χ1v) is 8.79. The molecule has 0 bridgehead atoms. The van der Waals surface area contributed by atoms with Gasteiger partial charge in [0, 0.05) is 49.2 Å². The number of hydrogen-bond donors (Lipinski definition) is 1. The molecular formula is C18H27N3O3. The largest absolute Gasteiger partial charge is 0.384 e. The Labute approximate surface area is 143 Å². The van der Waals surface area contributed by atoms with Gasteiger partial charge in [0.25, 0.3) is 5.91 Å². The van der Waals surface area contributed by atoms with Gasteiger partial charge in [-0.25, -0.2) is 0 Å². The van der Waals surface area contributed by atoms with Crippen molar-refractivity contribution in [3.63, 3.8) is 0 Å². The van der Waals surface area contributed by atoms with E-state index in [0.29, 0.717) is 38.8 Å². The zero-order valence-electron chi connectivity index (χ0n) is 14.8. The second-order valence-corrected chi connectivity index (χ2v) is 7.09. The number of piperazine rings is 1. The average molecular weight is 333 g/mol. The number of ketones is 1. The molecule has 2 heterocycles. The summed E-state index contributed by atoms with van der Waals surface area (Å²) in [4.78, 5) is 28.2. The highest BCUT2D eigenvalue weighted by atomic mass is 16.3. The van der Waals surface area contributed by atoms with Crippen LogP contribution >= 0.6 is 0 Å². The molecule has 3 rings (SSSR count). The lowest BCUT2D eigenvalue weighted by Gasteiger charge is -2.34. The van der Waals surface area contributed by atoms with E-state index in [1.807, 2.05) is 13.0 Å². The molecule has 0 spiro atoms. The van der Waals surface area contributed by atoms with Crippen LogP contribution in [0.2, 0.25) is 0 Å². The van der Waals surface area contributed by atoms with Gasteiger partial charge in [0.05, 0.1) is 6.54 Å². The summed E-state index contributed by atoms with van der Waals surface area (Å²) in [5, 5.41) is 9.38. The summed E-state index contributed by atoms with van der Waals surface area (Å²) in [5.41, 5.74) is 3.09. The van der Waals surface area contributed by atoms with E-state index in [4.69, 9.17) is 0 Å². The van der Waals surface area contributed by atoms with Gasteiger partial charge in [-0.15, -0.1) is 0 Å². The van der Waals surface area contributed by atoms with Crippen LogP contribution in [0.15, 0.2) is 6.07 Å². The summed E-state index contributed by atoms with van der Waals surface area (Å²) in [7, 11) is 0. The van der Waals surface area contributed by atoms with Crippen molar-refractivity contribution in [2.45, 2.75) is 45.8 Å². The van der Waals surface area contributed by atoms with Crippen molar-refractivity contribution in [2.24, 2.45) is 0 Å². The molecule has 1 aromatic heterocycles. The van der Waals surface area contributed by atoms with Crippen LogP contribution in [0.25, 0.3) is 0 Å². The smallest absolute Gasteiger partial charge is 0.251 e. The van der Waals surface area contributed by atoms with E-state index >= 15 is 0 Å². The van der Waals surface area contributed by atoms with Gasteiger partial charge in [-0.05, 0) is 39.7 Å². The minimum Gasteiger partial charge on any atom is -0.384 e. The fraction of sp³-hybridized carbons (Fsp3) is 0.667. The number of aliphatic hydroxyl groups excluding tert-OH is 1. The van der Waals surface area contributed by atoms with E-state index in [-0.39, 0.29) is 11.7 Å². The zero-order valence-corrected chi connectivity index (χ0v) is 14.8. The molecule has 24 heavy (non-hydrogen) atoms. The number of aromatic nitrogens is 1. The number of carbonyl (C=O) groups excluding carboxylic acids is 2. The molecule has 2 fully saturated rings. The number of Topliss-reactive ketones (excluding diaryl/α,β-unsaturated/α-hetero) is 1. The summed E-state index contributed by atoms with van der Waals surface area (Å²) in [5.74, 6) is -0.0701. The van der Waals surface area contributed by atoms with Gasteiger partial charge in [-0.3, -0.25) is 14.5 Å². The molecule has 0 aromatic carbocycles. The van der Waals surface area contributed by atoms with Crippen molar-refractivity contribution >= 4 is 11.7 Å². The highest BCUT2D eigenvalue weighted by molar-refractivity contribution is 5.99. The third-order valence-electron chi connectivity index (χ3n) is 5.11.